The Balaban J connectivity index is 2.03. The van der Waals surface area contributed by atoms with Gasteiger partial charge in [0.2, 0.25) is 11.8 Å². The molecule has 0 atom stereocenters. The number of amides is 2. The lowest BCUT2D eigenvalue weighted by Crippen LogP contribution is -2.44. The van der Waals surface area contributed by atoms with Crippen molar-refractivity contribution in [2.75, 3.05) is 5.32 Å². The Bertz CT molecular complexity index is 804. The zero-order valence-corrected chi connectivity index (χ0v) is 15.8. The van der Waals surface area contributed by atoms with Gasteiger partial charge in [-0.25, -0.2) is 0 Å². The molecule has 0 saturated carbocycles. The van der Waals surface area contributed by atoms with Crippen molar-refractivity contribution in [2.24, 2.45) is 5.41 Å². The van der Waals surface area contributed by atoms with E-state index in [4.69, 9.17) is 23.2 Å². The van der Waals surface area contributed by atoms with Gasteiger partial charge in [0, 0.05) is 22.3 Å². The molecule has 0 fully saturated rings. The molecular formula is C19H20Cl2N2O2. The van der Waals surface area contributed by atoms with Gasteiger partial charge in [0.15, 0.2) is 0 Å². The number of rotatable bonds is 5. The second-order valence-electron chi connectivity index (χ2n) is 6.32. The Hall–Kier alpha value is -2.04. The molecule has 2 N–H and O–H groups in total. The van der Waals surface area contributed by atoms with E-state index < -0.39 is 11.3 Å². The molecule has 6 heteroatoms. The highest BCUT2D eigenvalue weighted by Gasteiger charge is 2.36. The quantitative estimate of drug-likeness (QED) is 0.747. The van der Waals surface area contributed by atoms with E-state index in [1.807, 2.05) is 31.2 Å². The molecule has 0 aliphatic heterocycles. The van der Waals surface area contributed by atoms with Crippen LogP contribution < -0.4 is 10.6 Å². The fourth-order valence-corrected chi connectivity index (χ4v) is 2.48. The largest absolute Gasteiger partial charge is 0.351 e. The summed E-state index contributed by atoms with van der Waals surface area (Å²) in [6.45, 7) is 5.27. The molecule has 0 radical (unpaired) electrons. The third kappa shape index (κ3) is 4.74. The summed E-state index contributed by atoms with van der Waals surface area (Å²) in [5.74, 6) is -0.799. The summed E-state index contributed by atoms with van der Waals surface area (Å²) in [6.07, 6.45) is 0. The number of carbonyl (C=O) groups is 2. The van der Waals surface area contributed by atoms with Gasteiger partial charge in [0.05, 0.1) is 0 Å². The third-order valence-corrected chi connectivity index (χ3v) is 4.74. The minimum atomic E-state index is -1.25. The van der Waals surface area contributed by atoms with E-state index in [0.29, 0.717) is 15.7 Å². The SMILES string of the molecule is Cc1ccc(NC(=O)C(C)(C)C(=O)NCc2ccccc2Cl)cc1Cl. The summed E-state index contributed by atoms with van der Waals surface area (Å²) in [5.41, 5.74) is 1.00. The van der Waals surface area contributed by atoms with Crippen molar-refractivity contribution in [1.82, 2.24) is 5.32 Å². The highest BCUT2D eigenvalue weighted by atomic mass is 35.5. The molecule has 0 aliphatic carbocycles. The van der Waals surface area contributed by atoms with Crippen LogP contribution in [-0.4, -0.2) is 11.8 Å². The van der Waals surface area contributed by atoms with Crippen molar-refractivity contribution < 1.29 is 9.59 Å². The first-order valence-corrected chi connectivity index (χ1v) is 8.56. The molecule has 2 aromatic rings. The number of hydrogen-bond donors (Lipinski definition) is 2. The van der Waals surface area contributed by atoms with Crippen LogP contribution in [0.3, 0.4) is 0 Å². The van der Waals surface area contributed by atoms with Gasteiger partial charge in [0.25, 0.3) is 0 Å². The Morgan fingerprint density at radius 3 is 2.32 bits per heavy atom. The smallest absolute Gasteiger partial charge is 0.239 e. The Morgan fingerprint density at radius 2 is 1.68 bits per heavy atom. The lowest BCUT2D eigenvalue weighted by Gasteiger charge is -2.23. The fraction of sp³-hybridized carbons (Fsp3) is 0.263. The molecule has 0 bridgehead atoms. The van der Waals surface area contributed by atoms with Gasteiger partial charge in [-0.15, -0.1) is 0 Å². The van der Waals surface area contributed by atoms with Crippen LogP contribution in [-0.2, 0) is 16.1 Å². The van der Waals surface area contributed by atoms with Gasteiger partial charge < -0.3 is 10.6 Å². The van der Waals surface area contributed by atoms with Crippen molar-refractivity contribution in [3.63, 3.8) is 0 Å². The summed E-state index contributed by atoms with van der Waals surface area (Å²) in [5, 5.41) is 6.61. The molecule has 2 rings (SSSR count). The molecule has 25 heavy (non-hydrogen) atoms. The lowest BCUT2D eigenvalue weighted by atomic mass is 9.90. The van der Waals surface area contributed by atoms with Gasteiger partial charge in [-0.2, -0.15) is 0 Å². The summed E-state index contributed by atoms with van der Waals surface area (Å²) in [6, 6.07) is 12.4. The highest BCUT2D eigenvalue weighted by molar-refractivity contribution is 6.32. The first kappa shape index (κ1) is 19.3. The summed E-state index contributed by atoms with van der Waals surface area (Å²) in [4.78, 5) is 25.0. The monoisotopic (exact) mass is 378 g/mol. The number of carbonyl (C=O) groups excluding carboxylic acids is 2. The maximum atomic E-state index is 12.5. The van der Waals surface area contributed by atoms with E-state index in [1.165, 1.54) is 0 Å². The molecule has 0 aromatic heterocycles. The minimum absolute atomic E-state index is 0.256. The Labute approximate surface area is 157 Å². The first-order chi connectivity index (χ1) is 11.7. The van der Waals surface area contributed by atoms with Crippen LogP contribution in [0, 0.1) is 12.3 Å². The van der Waals surface area contributed by atoms with Crippen molar-refractivity contribution in [2.45, 2.75) is 27.3 Å². The van der Waals surface area contributed by atoms with Gasteiger partial charge in [0.1, 0.15) is 5.41 Å². The summed E-state index contributed by atoms with van der Waals surface area (Å²) in [7, 11) is 0. The van der Waals surface area contributed by atoms with Crippen LogP contribution in [0.4, 0.5) is 5.69 Å². The average Bonchev–Trinajstić information content (AvgIpc) is 2.57. The summed E-state index contributed by atoms with van der Waals surface area (Å²) >= 11 is 12.1. The predicted octanol–water partition coefficient (Wildman–Crippen LogP) is 4.58. The zero-order valence-electron chi connectivity index (χ0n) is 14.3. The molecule has 0 aliphatic rings. The van der Waals surface area contributed by atoms with E-state index in [2.05, 4.69) is 10.6 Å². The van der Waals surface area contributed by atoms with Crippen LogP contribution in [0.25, 0.3) is 0 Å². The number of anilines is 1. The molecule has 0 saturated heterocycles. The maximum Gasteiger partial charge on any atom is 0.239 e. The zero-order chi connectivity index (χ0) is 18.6. The first-order valence-electron chi connectivity index (χ1n) is 7.81. The van der Waals surface area contributed by atoms with Crippen LogP contribution in [0.1, 0.15) is 25.0 Å². The lowest BCUT2D eigenvalue weighted by molar-refractivity contribution is -0.138. The standard InChI is InChI=1S/C19H20Cl2N2O2/c1-12-8-9-14(10-16(12)21)23-18(25)19(2,3)17(24)22-11-13-6-4-5-7-15(13)20/h4-10H,11H2,1-3H3,(H,22,24)(H,23,25). The van der Waals surface area contributed by atoms with E-state index >= 15 is 0 Å². The van der Waals surface area contributed by atoms with Gasteiger partial charge >= 0.3 is 0 Å². The number of aryl methyl sites for hydroxylation is 1. The molecule has 0 unspecified atom stereocenters. The molecule has 2 amide bonds. The van der Waals surface area contributed by atoms with E-state index in [-0.39, 0.29) is 12.5 Å². The Kier molecular flexibility index (Phi) is 6.09. The predicted molar refractivity (Wildman–Crippen MR) is 102 cm³/mol. The molecule has 132 valence electrons. The van der Waals surface area contributed by atoms with Gasteiger partial charge in [-0.3, -0.25) is 9.59 Å². The van der Waals surface area contributed by atoms with Crippen LogP contribution >= 0.6 is 23.2 Å². The molecular weight excluding hydrogens is 359 g/mol. The molecule has 4 nitrogen and oxygen atoms in total. The molecule has 0 heterocycles. The second kappa shape index (κ2) is 7.89. The number of benzene rings is 2. The number of nitrogens with one attached hydrogen (secondary N) is 2. The average molecular weight is 379 g/mol. The fourth-order valence-electron chi connectivity index (χ4n) is 2.10. The van der Waals surface area contributed by atoms with Crippen molar-refractivity contribution in [3.8, 4) is 0 Å². The van der Waals surface area contributed by atoms with Crippen molar-refractivity contribution in [3.05, 3.63) is 63.6 Å². The molecule has 0 spiro atoms. The van der Waals surface area contributed by atoms with Crippen LogP contribution in [0.2, 0.25) is 10.0 Å². The maximum absolute atomic E-state index is 12.5. The van der Waals surface area contributed by atoms with Crippen molar-refractivity contribution >= 4 is 40.7 Å². The Morgan fingerprint density at radius 1 is 1.00 bits per heavy atom. The topological polar surface area (TPSA) is 58.2 Å². The van der Waals surface area contributed by atoms with E-state index in [0.717, 1.165) is 11.1 Å². The van der Waals surface area contributed by atoms with E-state index in [9.17, 15) is 9.59 Å². The molecule has 2 aromatic carbocycles. The number of hydrogen-bond acceptors (Lipinski definition) is 2. The third-order valence-electron chi connectivity index (χ3n) is 3.96. The minimum Gasteiger partial charge on any atom is -0.351 e. The van der Waals surface area contributed by atoms with Crippen LogP contribution in [0.5, 0.6) is 0 Å². The normalized spacial score (nSPS) is 11.1. The van der Waals surface area contributed by atoms with Crippen molar-refractivity contribution in [1.29, 1.82) is 0 Å². The number of halogens is 2. The summed E-state index contributed by atoms with van der Waals surface area (Å²) < 4.78 is 0. The van der Waals surface area contributed by atoms with Crippen LogP contribution in [0.15, 0.2) is 42.5 Å². The van der Waals surface area contributed by atoms with Gasteiger partial charge in [-0.1, -0.05) is 47.5 Å². The second-order valence-corrected chi connectivity index (χ2v) is 7.13. The van der Waals surface area contributed by atoms with E-state index in [1.54, 1.807) is 32.0 Å². The highest BCUT2D eigenvalue weighted by Crippen LogP contribution is 2.23. The van der Waals surface area contributed by atoms with Gasteiger partial charge in [-0.05, 0) is 50.1 Å².